The molecule has 4 nitrogen and oxygen atoms in total. The van der Waals surface area contributed by atoms with Crippen LogP contribution in [0.15, 0.2) is 48.5 Å². The van der Waals surface area contributed by atoms with E-state index in [2.05, 4.69) is 0 Å². The normalized spacial score (nSPS) is 18.0. The molecule has 2 aromatic heterocycles. The van der Waals surface area contributed by atoms with Crippen molar-refractivity contribution in [2.45, 2.75) is 51.5 Å². The number of Topliss-reactive ketones (excluding diaryl/α,β-unsaturated/α-hetero) is 2. The van der Waals surface area contributed by atoms with Crippen molar-refractivity contribution in [3.8, 4) is 11.4 Å². The minimum Gasteiger partial charge on any atom is -0.321 e. The molecule has 1 aliphatic rings. The lowest BCUT2D eigenvalue weighted by Gasteiger charge is -2.31. The maximum absolute atomic E-state index is 15.0. The number of thiophene rings is 1. The van der Waals surface area contributed by atoms with Gasteiger partial charge in [-0.05, 0) is 55.5 Å². The highest BCUT2D eigenvalue weighted by atomic mass is 32.1. The van der Waals surface area contributed by atoms with Crippen molar-refractivity contribution < 1.29 is 22.8 Å². The number of hydrogen-bond donors (Lipinski definition) is 0. The first-order valence-corrected chi connectivity index (χ1v) is 12.9. The summed E-state index contributed by atoms with van der Waals surface area (Å²) >= 11 is 0.857. The third-order valence-corrected chi connectivity index (χ3v) is 7.84. The molecule has 2 heterocycles. The van der Waals surface area contributed by atoms with Crippen molar-refractivity contribution in [1.29, 1.82) is 0 Å². The van der Waals surface area contributed by atoms with E-state index in [1.807, 2.05) is 4.57 Å². The molecule has 0 bridgehead atoms. The van der Waals surface area contributed by atoms with E-state index < -0.39 is 11.6 Å². The number of halogens is 3. The molecule has 2 atom stereocenters. The van der Waals surface area contributed by atoms with Crippen molar-refractivity contribution >= 4 is 33.9 Å². The van der Waals surface area contributed by atoms with Gasteiger partial charge in [-0.1, -0.05) is 25.5 Å². The van der Waals surface area contributed by atoms with Crippen LogP contribution in [0.5, 0.6) is 0 Å². The van der Waals surface area contributed by atoms with Crippen LogP contribution < -0.4 is 0 Å². The third kappa shape index (κ3) is 4.74. The monoisotopic (exact) mass is 510 g/mol. The molecule has 1 aliphatic carbocycles. The topological polar surface area (TPSA) is 52.0 Å². The van der Waals surface area contributed by atoms with E-state index in [-0.39, 0.29) is 40.6 Å². The summed E-state index contributed by atoms with van der Waals surface area (Å²) in [6.45, 7) is 1.68. The van der Waals surface area contributed by atoms with Crippen LogP contribution in [0.4, 0.5) is 13.2 Å². The van der Waals surface area contributed by atoms with Crippen molar-refractivity contribution in [3.05, 3.63) is 75.7 Å². The Morgan fingerprint density at radius 1 is 1.06 bits per heavy atom. The lowest BCUT2D eigenvalue weighted by molar-refractivity contribution is 0.0944. The largest absolute Gasteiger partial charge is 0.321 e. The Bertz CT molecular complexity index is 1460. The summed E-state index contributed by atoms with van der Waals surface area (Å²) in [7, 11) is 0. The molecule has 36 heavy (non-hydrogen) atoms. The zero-order valence-electron chi connectivity index (χ0n) is 19.8. The van der Waals surface area contributed by atoms with Crippen molar-refractivity contribution in [1.82, 2.24) is 9.55 Å². The first kappa shape index (κ1) is 24.4. The molecule has 0 aliphatic heterocycles. The number of aromatic nitrogens is 2. The number of benzene rings is 2. The van der Waals surface area contributed by atoms with Gasteiger partial charge < -0.3 is 4.57 Å². The van der Waals surface area contributed by atoms with Crippen LogP contribution in [0.1, 0.15) is 71.5 Å². The minimum absolute atomic E-state index is 0.00394. The molecule has 5 rings (SSSR count). The molecule has 0 radical (unpaired) electrons. The van der Waals surface area contributed by atoms with E-state index >= 15 is 4.39 Å². The molecule has 186 valence electrons. The van der Waals surface area contributed by atoms with Crippen LogP contribution in [-0.4, -0.2) is 21.1 Å². The fraction of sp³-hybridized carbons (Fsp3) is 0.321. The SMILES string of the molecule is CCC(=O)c1cc2nc(-c3cccc(F)c3)n([C@H]3CCC[C@@H](CC(=O)c4ccc(F)s4)C3)c2cc1F. The van der Waals surface area contributed by atoms with E-state index in [1.54, 1.807) is 19.1 Å². The van der Waals surface area contributed by atoms with E-state index in [4.69, 9.17) is 4.98 Å². The average Bonchev–Trinajstić information content (AvgIpc) is 3.46. The minimum atomic E-state index is -0.608. The fourth-order valence-electron chi connectivity index (χ4n) is 5.23. The van der Waals surface area contributed by atoms with Crippen molar-refractivity contribution in [3.63, 3.8) is 0 Å². The van der Waals surface area contributed by atoms with Gasteiger partial charge in [-0.2, -0.15) is 4.39 Å². The van der Waals surface area contributed by atoms with Crippen LogP contribution in [-0.2, 0) is 0 Å². The van der Waals surface area contributed by atoms with Gasteiger partial charge >= 0.3 is 0 Å². The maximum atomic E-state index is 15.0. The van der Waals surface area contributed by atoms with Gasteiger partial charge in [-0.15, -0.1) is 11.3 Å². The molecule has 1 saturated carbocycles. The number of imidazole rings is 1. The third-order valence-electron chi connectivity index (χ3n) is 6.93. The van der Waals surface area contributed by atoms with E-state index in [1.165, 1.54) is 36.4 Å². The zero-order valence-corrected chi connectivity index (χ0v) is 20.6. The van der Waals surface area contributed by atoms with E-state index in [0.29, 0.717) is 40.1 Å². The number of carbonyl (C=O) groups excluding carboxylic acids is 2. The predicted octanol–water partition coefficient (Wildman–Crippen LogP) is 7.78. The second-order valence-corrected chi connectivity index (χ2v) is 10.4. The summed E-state index contributed by atoms with van der Waals surface area (Å²) in [5, 5.41) is -0.382. The van der Waals surface area contributed by atoms with Gasteiger partial charge in [0.2, 0.25) is 0 Å². The highest BCUT2D eigenvalue weighted by Gasteiger charge is 2.29. The molecule has 0 amide bonds. The second-order valence-electron chi connectivity index (χ2n) is 9.33. The fourth-order valence-corrected chi connectivity index (χ4v) is 5.91. The Morgan fingerprint density at radius 2 is 1.89 bits per heavy atom. The Morgan fingerprint density at radius 3 is 2.61 bits per heavy atom. The summed E-state index contributed by atoms with van der Waals surface area (Å²) in [5.41, 5.74) is 1.56. The smallest absolute Gasteiger partial charge is 0.177 e. The summed E-state index contributed by atoms with van der Waals surface area (Å²) in [5.74, 6) is -0.827. The Labute approximate surface area is 210 Å². The Kier molecular flexibility index (Phi) is 6.79. The lowest BCUT2D eigenvalue weighted by Crippen LogP contribution is -2.22. The summed E-state index contributed by atoms with van der Waals surface area (Å²) in [6.07, 6.45) is 3.66. The van der Waals surface area contributed by atoms with Gasteiger partial charge in [0.1, 0.15) is 17.5 Å². The lowest BCUT2D eigenvalue weighted by atomic mass is 9.82. The van der Waals surface area contributed by atoms with Gasteiger partial charge in [0, 0.05) is 30.5 Å². The average molecular weight is 511 g/mol. The molecular weight excluding hydrogens is 485 g/mol. The molecular formula is C28H25F3N2O2S. The second kappa shape index (κ2) is 10.0. The number of rotatable bonds is 7. The van der Waals surface area contributed by atoms with Gasteiger partial charge in [0.15, 0.2) is 16.7 Å². The van der Waals surface area contributed by atoms with E-state index in [9.17, 15) is 18.4 Å². The molecule has 0 spiro atoms. The molecule has 4 aromatic rings. The van der Waals surface area contributed by atoms with Gasteiger partial charge in [-0.25, -0.2) is 13.8 Å². The van der Waals surface area contributed by atoms with Crippen LogP contribution in [0, 0.1) is 22.7 Å². The molecule has 0 N–H and O–H groups in total. The van der Waals surface area contributed by atoms with Crippen LogP contribution >= 0.6 is 11.3 Å². The standard InChI is InChI=1S/C28H25F3N2O2S/c1-2-24(34)20-14-22-23(15-21(20)30)33(28(32-22)17-6-4-7-18(29)13-17)19-8-3-5-16(11-19)12-25(35)26-9-10-27(31)36-26/h4,6-7,9-10,13-16,19H,2-3,5,8,11-12H2,1H3/t16-,19+/m1/s1. The first-order chi connectivity index (χ1) is 17.3. The number of hydrogen-bond acceptors (Lipinski definition) is 4. The molecule has 1 fully saturated rings. The highest BCUT2D eigenvalue weighted by molar-refractivity contribution is 7.12. The van der Waals surface area contributed by atoms with Crippen LogP contribution in [0.3, 0.4) is 0 Å². The Balaban J connectivity index is 1.54. The zero-order chi connectivity index (χ0) is 25.4. The highest BCUT2D eigenvalue weighted by Crippen LogP contribution is 2.40. The number of fused-ring (bicyclic) bond motifs is 1. The Hall–Kier alpha value is -3.26. The van der Waals surface area contributed by atoms with Gasteiger partial charge in [0.25, 0.3) is 0 Å². The van der Waals surface area contributed by atoms with Crippen LogP contribution in [0.2, 0.25) is 0 Å². The molecule has 8 heteroatoms. The summed E-state index contributed by atoms with van der Waals surface area (Å²) in [6, 6.07) is 11.6. The predicted molar refractivity (Wildman–Crippen MR) is 134 cm³/mol. The maximum Gasteiger partial charge on any atom is 0.177 e. The van der Waals surface area contributed by atoms with Gasteiger partial charge in [-0.3, -0.25) is 9.59 Å². The number of ketones is 2. The van der Waals surface area contributed by atoms with Crippen molar-refractivity contribution in [2.75, 3.05) is 0 Å². The van der Waals surface area contributed by atoms with Gasteiger partial charge in [0.05, 0.1) is 21.5 Å². The summed E-state index contributed by atoms with van der Waals surface area (Å²) in [4.78, 5) is 30.1. The van der Waals surface area contributed by atoms with E-state index in [0.717, 1.165) is 30.6 Å². The van der Waals surface area contributed by atoms with Crippen molar-refractivity contribution in [2.24, 2.45) is 5.92 Å². The molecule has 2 aromatic carbocycles. The van der Waals surface area contributed by atoms with Crippen LogP contribution in [0.25, 0.3) is 22.4 Å². The number of nitrogens with zero attached hydrogens (tertiary/aromatic N) is 2. The molecule has 0 saturated heterocycles. The first-order valence-electron chi connectivity index (χ1n) is 12.1. The quantitative estimate of drug-likeness (QED) is 0.239. The molecule has 0 unspecified atom stereocenters. The number of carbonyl (C=O) groups is 2. The summed E-state index contributed by atoms with van der Waals surface area (Å²) < 4.78 is 44.5.